The van der Waals surface area contributed by atoms with Gasteiger partial charge in [0.1, 0.15) is 4.90 Å². The first-order valence-electron chi connectivity index (χ1n) is 11.1. The number of aryl methyl sites for hydroxylation is 1. The molecule has 0 atom stereocenters. The molecule has 0 radical (unpaired) electrons. The number of benzene rings is 3. The second-order valence-corrected chi connectivity index (χ2v) is 11.9. The van der Waals surface area contributed by atoms with Gasteiger partial charge in [-0.15, -0.1) is 0 Å². The number of amides is 1. The van der Waals surface area contributed by atoms with Crippen LogP contribution in [-0.2, 0) is 20.0 Å². The maximum absolute atomic E-state index is 13.1. The quantitative estimate of drug-likeness (QED) is 0.280. The van der Waals surface area contributed by atoms with E-state index < -0.39 is 26.0 Å². The molecule has 4 rings (SSSR count). The van der Waals surface area contributed by atoms with E-state index in [9.17, 15) is 21.6 Å². The molecule has 0 aliphatic heterocycles. The maximum atomic E-state index is 13.1. The van der Waals surface area contributed by atoms with Crippen LogP contribution in [0.15, 0.2) is 88.9 Å². The van der Waals surface area contributed by atoms with Crippen LogP contribution in [0.2, 0.25) is 5.02 Å². The number of carbonyl (C=O) groups is 1. The van der Waals surface area contributed by atoms with Gasteiger partial charge in [0.25, 0.3) is 26.0 Å². The minimum atomic E-state index is -4.11. The fourth-order valence-corrected chi connectivity index (χ4v) is 5.97. The number of anilines is 3. The van der Waals surface area contributed by atoms with E-state index in [0.29, 0.717) is 5.69 Å². The van der Waals surface area contributed by atoms with Gasteiger partial charge in [-0.3, -0.25) is 9.52 Å². The molecule has 10 nitrogen and oxygen atoms in total. The molecule has 1 aromatic heterocycles. The Kier molecular flexibility index (Phi) is 7.67. The van der Waals surface area contributed by atoms with E-state index >= 15 is 0 Å². The third-order valence-corrected chi connectivity index (χ3v) is 8.74. The minimum Gasteiger partial charge on any atom is -0.322 e. The second-order valence-electron chi connectivity index (χ2n) is 8.15. The summed E-state index contributed by atoms with van der Waals surface area (Å²) in [6, 6.07) is 16.1. The number of hydrogen-bond donors (Lipinski definition) is 3. The summed E-state index contributed by atoms with van der Waals surface area (Å²) in [6.07, 6.45) is 2.80. The Morgan fingerprint density at radius 1 is 0.816 bits per heavy atom. The summed E-state index contributed by atoms with van der Waals surface area (Å²) in [5, 5.41) is 2.56. The number of sulfonamides is 2. The zero-order valence-corrected chi connectivity index (χ0v) is 22.5. The number of aromatic nitrogens is 2. The lowest BCUT2D eigenvalue weighted by Gasteiger charge is -2.14. The number of carbonyl (C=O) groups excluding carboxylic acids is 1. The van der Waals surface area contributed by atoms with Crippen molar-refractivity contribution >= 4 is 54.9 Å². The van der Waals surface area contributed by atoms with Gasteiger partial charge in [-0.25, -0.2) is 31.5 Å². The zero-order chi connectivity index (χ0) is 27.5. The molecule has 1 heterocycles. The summed E-state index contributed by atoms with van der Waals surface area (Å²) in [6.45, 7) is 3.65. The van der Waals surface area contributed by atoms with Gasteiger partial charge in [0.2, 0.25) is 5.95 Å². The number of rotatable bonds is 8. The highest BCUT2D eigenvalue weighted by atomic mass is 35.5. The van der Waals surface area contributed by atoms with Crippen LogP contribution in [0.5, 0.6) is 0 Å². The molecule has 1 amide bonds. The second kappa shape index (κ2) is 10.8. The summed E-state index contributed by atoms with van der Waals surface area (Å²) in [7, 11) is -8.05. The summed E-state index contributed by atoms with van der Waals surface area (Å²) >= 11 is 6.18. The van der Waals surface area contributed by atoms with Crippen molar-refractivity contribution < 1.29 is 21.6 Å². The first-order chi connectivity index (χ1) is 18.0. The maximum Gasteiger partial charge on any atom is 0.264 e. The number of nitrogens with one attached hydrogen (secondary N) is 3. The first kappa shape index (κ1) is 27.0. The third kappa shape index (κ3) is 6.10. The SMILES string of the molecule is Cc1cccc(NS(=O)(=O)c2cc(C(=O)Nc3ccc(S(=O)(=O)Nc4ncccn4)cc3)ccc2Cl)c1C. The molecule has 38 heavy (non-hydrogen) atoms. The standard InChI is InChI=1S/C25H22ClN5O5S2/c1-16-5-3-6-22(17(16)2)30-38(35,36)23-15-18(7-12-21(23)26)24(32)29-19-8-10-20(11-9-19)37(33,34)31-25-27-13-4-14-28-25/h3-15,30H,1-2H3,(H,29,32)(H,27,28,31). The molecule has 13 heteroatoms. The molecule has 3 N–H and O–H groups in total. The Morgan fingerprint density at radius 3 is 2.18 bits per heavy atom. The van der Waals surface area contributed by atoms with E-state index in [2.05, 4.69) is 24.7 Å². The normalized spacial score (nSPS) is 11.6. The Bertz CT molecular complexity index is 1710. The van der Waals surface area contributed by atoms with E-state index in [1.165, 1.54) is 54.9 Å². The lowest BCUT2D eigenvalue weighted by Crippen LogP contribution is -2.17. The topological polar surface area (TPSA) is 147 Å². The fraction of sp³-hybridized carbons (Fsp3) is 0.0800. The molecule has 3 aromatic carbocycles. The number of nitrogens with zero attached hydrogens (tertiary/aromatic N) is 2. The van der Waals surface area contributed by atoms with Gasteiger partial charge >= 0.3 is 0 Å². The van der Waals surface area contributed by atoms with Crippen molar-refractivity contribution in [1.82, 2.24) is 9.97 Å². The van der Waals surface area contributed by atoms with Crippen LogP contribution in [0.1, 0.15) is 21.5 Å². The fourth-order valence-electron chi connectivity index (χ4n) is 3.36. The van der Waals surface area contributed by atoms with E-state index in [1.54, 1.807) is 25.1 Å². The smallest absolute Gasteiger partial charge is 0.264 e. The molecular weight excluding hydrogens is 550 g/mol. The molecule has 0 aliphatic carbocycles. The highest BCUT2D eigenvalue weighted by Crippen LogP contribution is 2.27. The Balaban J connectivity index is 1.51. The van der Waals surface area contributed by atoms with Crippen molar-refractivity contribution in [2.45, 2.75) is 23.6 Å². The van der Waals surface area contributed by atoms with Crippen molar-refractivity contribution in [1.29, 1.82) is 0 Å². The molecule has 0 unspecified atom stereocenters. The van der Waals surface area contributed by atoms with Gasteiger partial charge in [0.15, 0.2) is 0 Å². The van der Waals surface area contributed by atoms with Gasteiger partial charge in [0.05, 0.1) is 15.6 Å². The Morgan fingerprint density at radius 2 is 1.50 bits per heavy atom. The molecular formula is C25H22ClN5O5S2. The van der Waals surface area contributed by atoms with Gasteiger partial charge in [-0.2, -0.15) is 0 Å². The van der Waals surface area contributed by atoms with Gasteiger partial charge in [-0.1, -0.05) is 23.7 Å². The van der Waals surface area contributed by atoms with Gasteiger partial charge < -0.3 is 5.32 Å². The lowest BCUT2D eigenvalue weighted by molar-refractivity contribution is 0.102. The van der Waals surface area contributed by atoms with Crippen molar-refractivity contribution in [2.75, 3.05) is 14.8 Å². The van der Waals surface area contributed by atoms with Crippen LogP contribution >= 0.6 is 11.6 Å². The zero-order valence-electron chi connectivity index (χ0n) is 20.1. The molecule has 0 spiro atoms. The first-order valence-corrected chi connectivity index (χ1v) is 14.4. The average Bonchev–Trinajstić information content (AvgIpc) is 2.87. The lowest BCUT2D eigenvalue weighted by atomic mass is 10.1. The minimum absolute atomic E-state index is 0.0373. The van der Waals surface area contributed by atoms with Crippen LogP contribution in [0.4, 0.5) is 17.3 Å². The monoisotopic (exact) mass is 571 g/mol. The van der Waals surface area contributed by atoms with Gasteiger partial charge in [0, 0.05) is 23.6 Å². The highest BCUT2D eigenvalue weighted by Gasteiger charge is 2.22. The summed E-state index contributed by atoms with van der Waals surface area (Å²) in [4.78, 5) is 20.2. The van der Waals surface area contributed by atoms with Crippen LogP contribution in [0.25, 0.3) is 0 Å². The summed E-state index contributed by atoms with van der Waals surface area (Å²) < 4.78 is 56.0. The predicted molar refractivity (Wildman–Crippen MR) is 145 cm³/mol. The van der Waals surface area contributed by atoms with Crippen LogP contribution < -0.4 is 14.8 Å². The average molecular weight is 572 g/mol. The van der Waals surface area contributed by atoms with Crippen molar-refractivity contribution in [2.24, 2.45) is 0 Å². The highest BCUT2D eigenvalue weighted by molar-refractivity contribution is 7.93. The van der Waals surface area contributed by atoms with Crippen LogP contribution in [-0.4, -0.2) is 32.7 Å². The molecule has 0 bridgehead atoms. The van der Waals surface area contributed by atoms with Gasteiger partial charge in [-0.05, 0) is 79.6 Å². The Hall–Kier alpha value is -4.00. The summed E-state index contributed by atoms with van der Waals surface area (Å²) in [5.74, 6) is -0.693. The van der Waals surface area contributed by atoms with Crippen LogP contribution in [0.3, 0.4) is 0 Å². The number of hydrogen-bond acceptors (Lipinski definition) is 7. The summed E-state index contributed by atoms with van der Waals surface area (Å²) in [5.41, 5.74) is 2.40. The van der Waals surface area contributed by atoms with Crippen LogP contribution in [0, 0.1) is 13.8 Å². The van der Waals surface area contributed by atoms with Crippen molar-refractivity contribution in [3.63, 3.8) is 0 Å². The molecule has 0 aliphatic rings. The number of halogens is 1. The van der Waals surface area contributed by atoms with E-state index in [-0.39, 0.29) is 32.0 Å². The largest absolute Gasteiger partial charge is 0.322 e. The molecule has 196 valence electrons. The molecule has 0 saturated heterocycles. The molecule has 0 fully saturated rings. The van der Waals surface area contributed by atoms with E-state index in [4.69, 9.17) is 11.6 Å². The van der Waals surface area contributed by atoms with Crippen molar-refractivity contribution in [3.05, 3.63) is 101 Å². The van der Waals surface area contributed by atoms with E-state index in [1.807, 2.05) is 13.0 Å². The third-order valence-electron chi connectivity index (χ3n) is 5.55. The molecule has 0 saturated carbocycles. The van der Waals surface area contributed by atoms with Crippen molar-refractivity contribution in [3.8, 4) is 0 Å². The van der Waals surface area contributed by atoms with E-state index in [0.717, 1.165) is 11.1 Å². The Labute approximate surface area is 225 Å². The molecule has 4 aromatic rings. The predicted octanol–water partition coefficient (Wildman–Crippen LogP) is 4.60.